The van der Waals surface area contributed by atoms with Crippen LogP contribution in [-0.2, 0) is 11.3 Å². The molecular weight excluding hydrogens is 254 g/mol. The van der Waals surface area contributed by atoms with Crippen molar-refractivity contribution in [3.8, 4) is 5.75 Å². The lowest BCUT2D eigenvalue weighted by atomic mass is 10.1. The summed E-state index contributed by atoms with van der Waals surface area (Å²) in [5.41, 5.74) is 3.35. The van der Waals surface area contributed by atoms with E-state index in [2.05, 4.69) is 5.32 Å². The molecule has 2 N–H and O–H groups in total. The monoisotopic (exact) mass is 271 g/mol. The van der Waals surface area contributed by atoms with Crippen molar-refractivity contribution in [2.24, 2.45) is 0 Å². The maximum atomic E-state index is 11.6. The lowest BCUT2D eigenvalue weighted by Crippen LogP contribution is -2.07. The topological polar surface area (TPSA) is 58.6 Å². The molecule has 4 nitrogen and oxygen atoms in total. The second-order valence-corrected chi connectivity index (χ2v) is 4.49. The zero-order valence-electron chi connectivity index (χ0n) is 11.5. The van der Waals surface area contributed by atoms with Crippen LogP contribution in [0.25, 0.3) is 0 Å². The molecule has 2 aromatic carbocycles. The Bertz CT molecular complexity index is 606. The van der Waals surface area contributed by atoms with Gasteiger partial charge in [0.2, 0.25) is 0 Å². The highest BCUT2D eigenvalue weighted by Gasteiger charge is 2.11. The van der Waals surface area contributed by atoms with E-state index in [9.17, 15) is 9.90 Å². The fourth-order valence-corrected chi connectivity index (χ4v) is 1.97. The van der Waals surface area contributed by atoms with Crippen molar-refractivity contribution in [3.05, 3.63) is 59.2 Å². The highest BCUT2D eigenvalue weighted by Crippen LogP contribution is 2.20. The molecule has 0 heterocycles. The van der Waals surface area contributed by atoms with Crippen molar-refractivity contribution < 1.29 is 14.6 Å². The number of phenolic OH excluding ortho intramolecular Hbond substituents is 1. The Kier molecular flexibility index (Phi) is 4.25. The molecule has 0 aromatic heterocycles. The quantitative estimate of drug-likeness (QED) is 0.839. The number of carbonyl (C=O) groups excluding carboxylic acids is 1. The number of anilines is 1. The van der Waals surface area contributed by atoms with Crippen LogP contribution in [0.15, 0.2) is 42.5 Å². The summed E-state index contributed by atoms with van der Waals surface area (Å²) in [6, 6.07) is 12.5. The van der Waals surface area contributed by atoms with Crippen LogP contribution >= 0.6 is 0 Å². The summed E-state index contributed by atoms with van der Waals surface area (Å²) in [6.45, 7) is 2.50. The average Bonchev–Trinajstić information content (AvgIpc) is 2.47. The van der Waals surface area contributed by atoms with Crippen molar-refractivity contribution in [2.75, 3.05) is 12.4 Å². The third kappa shape index (κ3) is 3.09. The number of phenols is 1. The summed E-state index contributed by atoms with van der Waals surface area (Å²) in [6.07, 6.45) is 0. The zero-order valence-corrected chi connectivity index (χ0v) is 11.5. The summed E-state index contributed by atoms with van der Waals surface area (Å²) >= 11 is 0. The molecule has 0 saturated heterocycles. The molecule has 0 bridgehead atoms. The van der Waals surface area contributed by atoms with Gasteiger partial charge in [0.25, 0.3) is 0 Å². The summed E-state index contributed by atoms with van der Waals surface area (Å²) in [5.74, 6) is -0.0894. The van der Waals surface area contributed by atoms with Crippen LogP contribution in [0.5, 0.6) is 5.75 Å². The molecule has 0 atom stereocenters. The van der Waals surface area contributed by atoms with Gasteiger partial charge in [-0.15, -0.1) is 0 Å². The standard InChI is InChI=1S/C16H17NO3/c1-11-14(16(19)20-2)4-3-5-15(11)17-10-12-6-8-13(18)9-7-12/h3-9,17-18H,10H2,1-2H3. The van der Waals surface area contributed by atoms with Crippen molar-refractivity contribution in [2.45, 2.75) is 13.5 Å². The van der Waals surface area contributed by atoms with Crippen molar-refractivity contribution >= 4 is 11.7 Å². The second kappa shape index (κ2) is 6.10. The Morgan fingerprint density at radius 2 is 1.90 bits per heavy atom. The minimum absolute atomic E-state index is 0.248. The fourth-order valence-electron chi connectivity index (χ4n) is 1.97. The Balaban J connectivity index is 2.13. The maximum Gasteiger partial charge on any atom is 0.338 e. The molecule has 0 fully saturated rings. The number of carbonyl (C=O) groups is 1. The Hall–Kier alpha value is -2.49. The van der Waals surface area contributed by atoms with Gasteiger partial charge in [0, 0.05) is 12.2 Å². The fraction of sp³-hybridized carbons (Fsp3) is 0.188. The summed E-state index contributed by atoms with van der Waals surface area (Å²) in [4.78, 5) is 11.6. The number of hydrogen-bond acceptors (Lipinski definition) is 4. The molecule has 2 rings (SSSR count). The van der Waals surface area contributed by atoms with E-state index >= 15 is 0 Å². The second-order valence-electron chi connectivity index (χ2n) is 4.49. The lowest BCUT2D eigenvalue weighted by molar-refractivity contribution is 0.0600. The number of benzene rings is 2. The molecule has 0 amide bonds. The molecule has 0 radical (unpaired) electrons. The van der Waals surface area contributed by atoms with Crippen molar-refractivity contribution in [3.63, 3.8) is 0 Å². The van der Waals surface area contributed by atoms with Gasteiger partial charge < -0.3 is 15.2 Å². The van der Waals surface area contributed by atoms with E-state index in [4.69, 9.17) is 4.74 Å². The summed E-state index contributed by atoms with van der Waals surface area (Å²) < 4.78 is 4.75. The van der Waals surface area contributed by atoms with E-state index in [0.717, 1.165) is 16.8 Å². The summed E-state index contributed by atoms with van der Waals surface area (Å²) in [5, 5.41) is 12.5. The van der Waals surface area contributed by atoms with E-state index in [1.165, 1.54) is 7.11 Å². The van der Waals surface area contributed by atoms with Crippen LogP contribution in [-0.4, -0.2) is 18.2 Å². The number of hydrogen-bond donors (Lipinski definition) is 2. The van der Waals surface area contributed by atoms with Gasteiger partial charge in [0.15, 0.2) is 0 Å². The Morgan fingerprint density at radius 3 is 2.55 bits per heavy atom. The molecule has 4 heteroatoms. The first-order chi connectivity index (χ1) is 9.61. The molecule has 0 aliphatic rings. The molecule has 2 aromatic rings. The maximum absolute atomic E-state index is 11.6. The Labute approximate surface area is 118 Å². The zero-order chi connectivity index (χ0) is 14.5. The average molecular weight is 271 g/mol. The highest BCUT2D eigenvalue weighted by molar-refractivity contribution is 5.92. The van der Waals surface area contributed by atoms with Crippen LogP contribution in [0, 0.1) is 6.92 Å². The van der Waals surface area contributed by atoms with Crippen LogP contribution < -0.4 is 5.32 Å². The molecule has 0 aliphatic heterocycles. The predicted octanol–water partition coefficient (Wildman–Crippen LogP) is 3.10. The number of rotatable bonds is 4. The first-order valence-corrected chi connectivity index (χ1v) is 6.31. The van der Waals surface area contributed by atoms with Crippen LogP contribution in [0.2, 0.25) is 0 Å². The van der Waals surface area contributed by atoms with Crippen LogP contribution in [0.4, 0.5) is 5.69 Å². The van der Waals surface area contributed by atoms with Gasteiger partial charge in [-0.3, -0.25) is 0 Å². The Morgan fingerprint density at radius 1 is 1.20 bits per heavy atom. The smallest absolute Gasteiger partial charge is 0.338 e. The van der Waals surface area contributed by atoms with Crippen LogP contribution in [0.1, 0.15) is 21.5 Å². The van der Waals surface area contributed by atoms with Crippen molar-refractivity contribution in [1.82, 2.24) is 0 Å². The third-order valence-corrected chi connectivity index (χ3v) is 3.16. The molecule has 0 spiro atoms. The number of aromatic hydroxyl groups is 1. The lowest BCUT2D eigenvalue weighted by Gasteiger charge is -2.12. The molecule has 104 valence electrons. The SMILES string of the molecule is COC(=O)c1cccc(NCc2ccc(O)cc2)c1C. The predicted molar refractivity (Wildman–Crippen MR) is 78.0 cm³/mol. The molecular formula is C16H17NO3. The van der Waals surface area contributed by atoms with Gasteiger partial charge in [0.1, 0.15) is 5.75 Å². The van der Waals surface area contributed by atoms with E-state index in [1.807, 2.05) is 31.2 Å². The molecule has 0 aliphatic carbocycles. The van der Waals surface area contributed by atoms with E-state index < -0.39 is 0 Å². The minimum atomic E-state index is -0.337. The number of nitrogens with one attached hydrogen (secondary N) is 1. The first-order valence-electron chi connectivity index (χ1n) is 6.31. The third-order valence-electron chi connectivity index (χ3n) is 3.16. The highest BCUT2D eigenvalue weighted by atomic mass is 16.5. The van der Waals surface area contributed by atoms with E-state index in [1.54, 1.807) is 18.2 Å². The normalized spacial score (nSPS) is 10.1. The van der Waals surface area contributed by atoms with Crippen LogP contribution in [0.3, 0.4) is 0 Å². The van der Waals surface area contributed by atoms with E-state index in [-0.39, 0.29) is 11.7 Å². The van der Waals surface area contributed by atoms with Gasteiger partial charge >= 0.3 is 5.97 Å². The first kappa shape index (κ1) is 13.9. The summed E-state index contributed by atoms with van der Waals surface area (Å²) in [7, 11) is 1.37. The number of esters is 1. The van der Waals surface area contributed by atoms with Gasteiger partial charge in [-0.2, -0.15) is 0 Å². The number of ether oxygens (including phenoxy) is 1. The van der Waals surface area contributed by atoms with Gasteiger partial charge in [-0.1, -0.05) is 18.2 Å². The molecule has 0 unspecified atom stereocenters. The molecule has 20 heavy (non-hydrogen) atoms. The molecule has 0 saturated carbocycles. The van der Waals surface area contributed by atoms with Gasteiger partial charge in [0.05, 0.1) is 12.7 Å². The largest absolute Gasteiger partial charge is 0.508 e. The van der Waals surface area contributed by atoms with E-state index in [0.29, 0.717) is 12.1 Å². The van der Waals surface area contributed by atoms with Gasteiger partial charge in [-0.25, -0.2) is 4.79 Å². The minimum Gasteiger partial charge on any atom is -0.508 e. The van der Waals surface area contributed by atoms with Crippen molar-refractivity contribution in [1.29, 1.82) is 0 Å². The van der Waals surface area contributed by atoms with Gasteiger partial charge in [-0.05, 0) is 42.3 Å². The number of methoxy groups -OCH3 is 1.